The minimum absolute atomic E-state index is 0.0172. The molecule has 1 atom stereocenters. The summed E-state index contributed by atoms with van der Waals surface area (Å²) in [6, 6.07) is 11.6. The molecule has 0 spiro atoms. The number of furan rings is 1. The molecule has 0 aliphatic heterocycles. The fraction of sp³-hybridized carbons (Fsp3) is 0.312. The first kappa shape index (κ1) is 14.3. The molecule has 20 heavy (non-hydrogen) atoms. The van der Waals surface area contributed by atoms with E-state index in [-0.39, 0.29) is 11.8 Å². The van der Waals surface area contributed by atoms with Crippen LogP contribution in [0.3, 0.4) is 0 Å². The SMILES string of the molecule is Cc1cccc(CN(C)C(C)c2ccc(C(=O)O)o2)c1. The smallest absolute Gasteiger partial charge is 0.371 e. The Balaban J connectivity index is 2.07. The second-order valence-electron chi connectivity index (χ2n) is 5.09. The van der Waals surface area contributed by atoms with Gasteiger partial charge in [-0.05, 0) is 38.6 Å². The summed E-state index contributed by atoms with van der Waals surface area (Å²) in [5.41, 5.74) is 2.46. The van der Waals surface area contributed by atoms with Crippen LogP contribution in [0.4, 0.5) is 0 Å². The van der Waals surface area contributed by atoms with Crippen LogP contribution in [0.2, 0.25) is 0 Å². The molecule has 1 unspecified atom stereocenters. The Kier molecular flexibility index (Phi) is 4.25. The molecule has 0 radical (unpaired) electrons. The Morgan fingerprint density at radius 1 is 1.35 bits per heavy atom. The molecular weight excluding hydrogens is 254 g/mol. The number of hydrogen-bond acceptors (Lipinski definition) is 3. The molecule has 106 valence electrons. The van der Waals surface area contributed by atoms with Gasteiger partial charge < -0.3 is 9.52 Å². The highest BCUT2D eigenvalue weighted by Crippen LogP contribution is 2.23. The first-order chi connectivity index (χ1) is 9.47. The third-order valence-electron chi connectivity index (χ3n) is 3.42. The molecule has 1 aromatic heterocycles. The third-order valence-corrected chi connectivity index (χ3v) is 3.42. The topological polar surface area (TPSA) is 53.7 Å². The van der Waals surface area contributed by atoms with E-state index in [0.29, 0.717) is 5.76 Å². The molecule has 4 nitrogen and oxygen atoms in total. The molecule has 1 aromatic carbocycles. The molecule has 0 saturated carbocycles. The van der Waals surface area contributed by atoms with Crippen molar-refractivity contribution in [3.63, 3.8) is 0 Å². The number of rotatable bonds is 5. The maximum atomic E-state index is 10.8. The van der Waals surface area contributed by atoms with Gasteiger partial charge in [0.2, 0.25) is 5.76 Å². The normalized spacial score (nSPS) is 12.6. The van der Waals surface area contributed by atoms with E-state index in [9.17, 15) is 4.79 Å². The maximum Gasteiger partial charge on any atom is 0.371 e. The molecule has 0 aliphatic rings. The Hall–Kier alpha value is -2.07. The van der Waals surface area contributed by atoms with Gasteiger partial charge in [0.05, 0.1) is 6.04 Å². The van der Waals surface area contributed by atoms with Crippen molar-refractivity contribution >= 4 is 5.97 Å². The van der Waals surface area contributed by atoms with Crippen LogP contribution in [0.1, 0.15) is 40.4 Å². The molecule has 0 fully saturated rings. The van der Waals surface area contributed by atoms with Crippen LogP contribution in [0, 0.1) is 6.92 Å². The summed E-state index contributed by atoms with van der Waals surface area (Å²) in [6.45, 7) is 4.85. The van der Waals surface area contributed by atoms with Gasteiger partial charge in [-0.25, -0.2) is 4.79 Å². The average molecular weight is 273 g/mol. The van der Waals surface area contributed by atoms with Gasteiger partial charge in [-0.3, -0.25) is 4.90 Å². The largest absolute Gasteiger partial charge is 0.475 e. The lowest BCUT2D eigenvalue weighted by Crippen LogP contribution is -2.21. The van der Waals surface area contributed by atoms with E-state index in [0.717, 1.165) is 6.54 Å². The highest BCUT2D eigenvalue weighted by Gasteiger charge is 2.18. The summed E-state index contributed by atoms with van der Waals surface area (Å²) in [5.74, 6) is -0.391. The highest BCUT2D eigenvalue weighted by molar-refractivity contribution is 5.84. The number of carboxylic acid groups (broad SMARTS) is 1. The maximum absolute atomic E-state index is 10.8. The minimum Gasteiger partial charge on any atom is -0.475 e. The number of benzene rings is 1. The molecule has 1 heterocycles. The van der Waals surface area contributed by atoms with E-state index >= 15 is 0 Å². The molecule has 2 aromatic rings. The zero-order chi connectivity index (χ0) is 14.7. The molecular formula is C16H19NO3. The van der Waals surface area contributed by atoms with Crippen LogP contribution < -0.4 is 0 Å². The Morgan fingerprint density at radius 3 is 2.70 bits per heavy atom. The van der Waals surface area contributed by atoms with E-state index in [1.165, 1.54) is 17.2 Å². The number of carbonyl (C=O) groups is 1. The predicted octanol–water partition coefficient (Wildman–Crippen LogP) is 3.48. The van der Waals surface area contributed by atoms with Crippen molar-refractivity contribution in [3.8, 4) is 0 Å². The molecule has 4 heteroatoms. The summed E-state index contributed by atoms with van der Waals surface area (Å²) in [5, 5.41) is 8.88. The van der Waals surface area contributed by atoms with Gasteiger partial charge in [0.1, 0.15) is 5.76 Å². The summed E-state index contributed by atoms with van der Waals surface area (Å²) in [4.78, 5) is 13.0. The van der Waals surface area contributed by atoms with Crippen LogP contribution in [0.25, 0.3) is 0 Å². The Bertz CT molecular complexity index is 603. The van der Waals surface area contributed by atoms with Crippen molar-refractivity contribution in [2.45, 2.75) is 26.4 Å². The zero-order valence-electron chi connectivity index (χ0n) is 12.0. The van der Waals surface area contributed by atoms with Gasteiger partial charge in [-0.15, -0.1) is 0 Å². The van der Waals surface area contributed by atoms with E-state index in [1.54, 1.807) is 6.07 Å². The number of aromatic carboxylic acids is 1. The molecule has 0 aliphatic carbocycles. The quantitative estimate of drug-likeness (QED) is 0.906. The van der Waals surface area contributed by atoms with Crippen LogP contribution >= 0.6 is 0 Å². The predicted molar refractivity (Wildman–Crippen MR) is 76.7 cm³/mol. The van der Waals surface area contributed by atoms with Crippen molar-refractivity contribution in [2.75, 3.05) is 7.05 Å². The molecule has 0 bridgehead atoms. The van der Waals surface area contributed by atoms with Crippen LogP contribution in [-0.4, -0.2) is 23.0 Å². The lowest BCUT2D eigenvalue weighted by Gasteiger charge is -2.23. The Labute approximate surface area is 118 Å². The third kappa shape index (κ3) is 3.27. The fourth-order valence-corrected chi connectivity index (χ4v) is 2.14. The molecule has 0 saturated heterocycles. The van der Waals surface area contributed by atoms with E-state index in [1.807, 2.05) is 20.0 Å². The highest BCUT2D eigenvalue weighted by atomic mass is 16.4. The number of aryl methyl sites for hydroxylation is 1. The monoisotopic (exact) mass is 273 g/mol. The number of hydrogen-bond donors (Lipinski definition) is 1. The standard InChI is InChI=1S/C16H19NO3/c1-11-5-4-6-13(9-11)10-17(3)12(2)14-7-8-15(20-14)16(18)19/h4-9,12H,10H2,1-3H3,(H,18,19). The first-order valence-corrected chi connectivity index (χ1v) is 6.56. The van der Waals surface area contributed by atoms with Gasteiger partial charge in [-0.1, -0.05) is 29.8 Å². The van der Waals surface area contributed by atoms with Crippen LogP contribution in [0.15, 0.2) is 40.8 Å². The van der Waals surface area contributed by atoms with Crippen molar-refractivity contribution in [2.24, 2.45) is 0 Å². The van der Waals surface area contributed by atoms with Gasteiger partial charge in [0, 0.05) is 6.54 Å². The van der Waals surface area contributed by atoms with E-state index in [4.69, 9.17) is 9.52 Å². The first-order valence-electron chi connectivity index (χ1n) is 6.56. The van der Waals surface area contributed by atoms with Gasteiger partial charge in [0.15, 0.2) is 0 Å². The van der Waals surface area contributed by atoms with Gasteiger partial charge in [0.25, 0.3) is 0 Å². The van der Waals surface area contributed by atoms with Crippen LogP contribution in [-0.2, 0) is 6.54 Å². The number of nitrogens with zero attached hydrogens (tertiary/aromatic N) is 1. The van der Waals surface area contributed by atoms with E-state index in [2.05, 4.69) is 30.0 Å². The second kappa shape index (κ2) is 5.92. The zero-order valence-corrected chi connectivity index (χ0v) is 12.0. The molecule has 1 N–H and O–H groups in total. The van der Waals surface area contributed by atoms with Gasteiger partial charge in [-0.2, -0.15) is 0 Å². The lowest BCUT2D eigenvalue weighted by atomic mass is 10.1. The van der Waals surface area contributed by atoms with Crippen molar-refractivity contribution in [1.29, 1.82) is 0 Å². The average Bonchev–Trinajstić information content (AvgIpc) is 2.87. The van der Waals surface area contributed by atoms with Crippen molar-refractivity contribution < 1.29 is 14.3 Å². The summed E-state index contributed by atoms with van der Waals surface area (Å²) >= 11 is 0. The molecule has 2 rings (SSSR count). The van der Waals surface area contributed by atoms with E-state index < -0.39 is 5.97 Å². The summed E-state index contributed by atoms with van der Waals surface area (Å²) in [7, 11) is 2.00. The Morgan fingerprint density at radius 2 is 2.10 bits per heavy atom. The fourth-order valence-electron chi connectivity index (χ4n) is 2.14. The lowest BCUT2D eigenvalue weighted by molar-refractivity contribution is 0.0656. The molecule has 0 amide bonds. The summed E-state index contributed by atoms with van der Waals surface area (Å²) in [6.07, 6.45) is 0. The van der Waals surface area contributed by atoms with Crippen molar-refractivity contribution in [1.82, 2.24) is 4.90 Å². The summed E-state index contributed by atoms with van der Waals surface area (Å²) < 4.78 is 5.35. The minimum atomic E-state index is -1.04. The second-order valence-corrected chi connectivity index (χ2v) is 5.09. The number of carboxylic acids is 1. The van der Waals surface area contributed by atoms with Gasteiger partial charge >= 0.3 is 5.97 Å². The van der Waals surface area contributed by atoms with Crippen LogP contribution in [0.5, 0.6) is 0 Å². The van der Waals surface area contributed by atoms with Crippen molar-refractivity contribution in [3.05, 3.63) is 59.0 Å².